The van der Waals surface area contributed by atoms with Crippen LogP contribution in [-0.4, -0.2) is 25.0 Å². The summed E-state index contributed by atoms with van der Waals surface area (Å²) in [6.07, 6.45) is 5.54. The third-order valence-corrected chi connectivity index (χ3v) is 1.32. The largest absolute Gasteiger partial charge is 0.463 e. The molecule has 3 heteroatoms. The highest BCUT2D eigenvalue weighted by molar-refractivity contribution is 5.98. The Hall–Kier alpha value is -1.34. The van der Waals surface area contributed by atoms with Gasteiger partial charge in [0.15, 0.2) is 0 Å². The van der Waals surface area contributed by atoms with E-state index in [1.165, 1.54) is 0 Å². The van der Waals surface area contributed by atoms with Crippen LogP contribution >= 0.6 is 0 Å². The number of rotatable bonds is 2. The zero-order valence-corrected chi connectivity index (χ0v) is 6.41. The van der Waals surface area contributed by atoms with E-state index < -0.39 is 0 Å². The molecule has 0 aromatic carbocycles. The van der Waals surface area contributed by atoms with Crippen LogP contribution in [0.5, 0.6) is 0 Å². The van der Waals surface area contributed by atoms with Gasteiger partial charge in [0.2, 0.25) is 0 Å². The van der Waals surface area contributed by atoms with Gasteiger partial charge in [0.25, 0.3) is 12.4 Å². The molecule has 1 aliphatic heterocycles. The monoisotopic (exact) mass is 152 g/mol. The van der Waals surface area contributed by atoms with Gasteiger partial charge in [-0.05, 0) is 6.92 Å². The number of hydrogen-bond acceptors (Lipinski definition) is 2. The quantitative estimate of drug-likeness (QED) is 0.415. The molecule has 58 valence electrons. The summed E-state index contributed by atoms with van der Waals surface area (Å²) in [5.41, 5.74) is 0.668. The van der Waals surface area contributed by atoms with Crippen LogP contribution in [0.2, 0.25) is 0 Å². The van der Waals surface area contributed by atoms with Crippen molar-refractivity contribution in [3.05, 3.63) is 11.6 Å². The number of nitrogens with zero attached hydrogens (tertiary/aromatic N) is 1. The van der Waals surface area contributed by atoms with Gasteiger partial charge in [-0.15, -0.1) is 4.67 Å². The highest BCUT2D eigenvalue weighted by Gasteiger charge is 2.12. The van der Waals surface area contributed by atoms with E-state index >= 15 is 0 Å². The van der Waals surface area contributed by atoms with Crippen LogP contribution in [0.1, 0.15) is 13.3 Å². The zero-order chi connectivity index (χ0) is 8.10. The van der Waals surface area contributed by atoms with Crippen molar-refractivity contribution < 1.29 is 9.53 Å². The summed E-state index contributed by atoms with van der Waals surface area (Å²) in [4.78, 5) is 11.0. The normalized spacial score (nSPS) is 14.5. The van der Waals surface area contributed by atoms with Crippen molar-refractivity contribution >= 4 is 18.4 Å². The highest BCUT2D eigenvalue weighted by Crippen LogP contribution is 2.01. The third kappa shape index (κ3) is 2.06. The van der Waals surface area contributed by atoms with Crippen LogP contribution in [-0.2, 0) is 9.53 Å². The molecule has 0 spiro atoms. The molecule has 0 saturated heterocycles. The molecule has 11 heavy (non-hydrogen) atoms. The lowest BCUT2D eigenvalue weighted by Gasteiger charge is -2.00. The highest BCUT2D eigenvalue weighted by atomic mass is 16.5. The van der Waals surface area contributed by atoms with Crippen molar-refractivity contribution in [3.63, 3.8) is 0 Å². The molecule has 3 nitrogen and oxygen atoms in total. The fraction of sp³-hybridized carbons (Fsp3) is 0.375. The fourth-order valence-electron chi connectivity index (χ4n) is 0.788. The topological polar surface area (TPSA) is 40.4 Å². The molecule has 1 heterocycles. The summed E-state index contributed by atoms with van der Waals surface area (Å²) in [6.45, 7) is 2.21. The first-order chi connectivity index (χ1) is 5.34. The predicted molar refractivity (Wildman–Crippen MR) is 43.6 cm³/mol. The van der Waals surface area contributed by atoms with E-state index in [0.717, 1.165) is 0 Å². The minimum atomic E-state index is -0.241. The molecule has 0 fully saturated rings. The molecule has 0 saturated carbocycles. The number of carbonyl (C=O) groups excluding carboxylic acids is 1. The average molecular weight is 152 g/mol. The number of ether oxygens (including phenoxy) is 1. The summed E-state index contributed by atoms with van der Waals surface area (Å²) in [6, 6.07) is 0. The second-order valence-electron chi connectivity index (χ2n) is 2.10. The van der Waals surface area contributed by atoms with Crippen molar-refractivity contribution in [1.29, 1.82) is 0 Å². The number of hydrogen-bond donors (Lipinski definition) is 0. The van der Waals surface area contributed by atoms with Crippen molar-refractivity contribution in [1.82, 2.24) is 4.67 Å². The molecule has 0 aliphatic carbocycles. The van der Waals surface area contributed by atoms with E-state index in [4.69, 9.17) is 4.74 Å². The first kappa shape index (κ1) is 7.76. The number of allylic oxidation sites excluding steroid dienone is 1. The number of esters is 1. The van der Waals surface area contributed by atoms with Gasteiger partial charge in [-0.2, -0.15) is 0 Å². The average Bonchev–Trinajstić information content (AvgIpc) is 2.07. The predicted octanol–water partition coefficient (Wildman–Crippen LogP) is 0.0884. The van der Waals surface area contributed by atoms with E-state index in [1.54, 1.807) is 25.4 Å². The van der Waals surface area contributed by atoms with E-state index in [1.807, 2.05) is 0 Å². The first-order valence-corrected chi connectivity index (χ1v) is 3.55. The van der Waals surface area contributed by atoms with Crippen molar-refractivity contribution in [3.8, 4) is 0 Å². The molecule has 0 atom stereocenters. The Labute approximate surface area is 65.1 Å². The van der Waals surface area contributed by atoms with Gasteiger partial charge >= 0.3 is 5.97 Å². The Morgan fingerprint density at radius 3 is 3.18 bits per heavy atom. The summed E-state index contributed by atoms with van der Waals surface area (Å²) in [7, 11) is 0. The van der Waals surface area contributed by atoms with Gasteiger partial charge in [-0.25, -0.2) is 4.79 Å². The Morgan fingerprint density at radius 1 is 1.82 bits per heavy atom. The van der Waals surface area contributed by atoms with E-state index in [-0.39, 0.29) is 5.97 Å². The maximum absolute atomic E-state index is 11.0. The maximum Gasteiger partial charge on any atom is 0.334 e. The second-order valence-corrected chi connectivity index (χ2v) is 2.10. The van der Waals surface area contributed by atoms with Crippen LogP contribution in [0.3, 0.4) is 0 Å². The lowest BCUT2D eigenvalue weighted by atomic mass is 10.2. The Balaban J connectivity index is 2.56. The minimum Gasteiger partial charge on any atom is -0.463 e. The third-order valence-electron chi connectivity index (χ3n) is 1.32. The summed E-state index contributed by atoms with van der Waals surface area (Å²) >= 11 is 0. The van der Waals surface area contributed by atoms with Crippen LogP contribution in [0, 0.1) is 0 Å². The van der Waals surface area contributed by atoms with Crippen molar-refractivity contribution in [2.45, 2.75) is 13.3 Å². The molecule has 0 N–H and O–H groups in total. The van der Waals surface area contributed by atoms with Gasteiger partial charge in [-0.3, -0.25) is 0 Å². The molecule has 0 bridgehead atoms. The van der Waals surface area contributed by atoms with Crippen LogP contribution in [0.15, 0.2) is 11.6 Å². The van der Waals surface area contributed by atoms with E-state index in [9.17, 15) is 4.79 Å². The molecule has 0 amide bonds. The van der Waals surface area contributed by atoms with Gasteiger partial charge in [-0.1, -0.05) is 0 Å². The molecule has 0 aromatic rings. The lowest BCUT2D eigenvalue weighted by Crippen LogP contribution is -2.10. The smallest absolute Gasteiger partial charge is 0.334 e. The van der Waals surface area contributed by atoms with E-state index in [2.05, 4.69) is 4.67 Å². The molecular formula is C8H10NO2+. The molecule has 1 aliphatic rings. The maximum atomic E-state index is 11.0. The fourth-order valence-corrected chi connectivity index (χ4v) is 0.788. The molecule has 1 rings (SSSR count). The second kappa shape index (κ2) is 3.74. The van der Waals surface area contributed by atoms with Gasteiger partial charge in [0, 0.05) is 6.08 Å². The number of carbonyl (C=O) groups is 1. The van der Waals surface area contributed by atoms with Crippen molar-refractivity contribution in [2.24, 2.45) is 0 Å². The summed E-state index contributed by atoms with van der Waals surface area (Å²) < 4.78 is 8.63. The minimum absolute atomic E-state index is 0.241. The lowest BCUT2D eigenvalue weighted by molar-refractivity contribution is -0.138. The van der Waals surface area contributed by atoms with Gasteiger partial charge in [0.05, 0.1) is 18.6 Å². The molecular weight excluding hydrogens is 142 g/mol. The van der Waals surface area contributed by atoms with Crippen LogP contribution in [0.25, 0.3) is 0 Å². The molecule has 0 unspecified atom stereocenters. The molecule has 0 radical (unpaired) electrons. The Bertz CT molecular complexity index is 247. The van der Waals surface area contributed by atoms with Crippen LogP contribution < -0.4 is 4.67 Å². The molecule has 0 aromatic heterocycles. The van der Waals surface area contributed by atoms with Gasteiger partial charge in [0.1, 0.15) is 0 Å². The Kier molecular flexibility index (Phi) is 2.64. The Morgan fingerprint density at radius 2 is 2.64 bits per heavy atom. The van der Waals surface area contributed by atoms with E-state index in [0.29, 0.717) is 18.6 Å². The zero-order valence-electron chi connectivity index (χ0n) is 6.41. The van der Waals surface area contributed by atoms with Gasteiger partial charge < -0.3 is 4.74 Å². The van der Waals surface area contributed by atoms with Crippen molar-refractivity contribution in [2.75, 3.05) is 6.61 Å². The SMILES string of the molecule is CCOC(=O)C1=CC=[N+]=CC1. The van der Waals surface area contributed by atoms with Crippen LogP contribution in [0.4, 0.5) is 0 Å². The first-order valence-electron chi connectivity index (χ1n) is 3.55. The summed E-state index contributed by atoms with van der Waals surface area (Å²) in [5, 5.41) is 0. The summed E-state index contributed by atoms with van der Waals surface area (Å²) in [5.74, 6) is -0.241. The standard InChI is InChI=1S/C8H10NO2/c1-2-11-8(10)7-3-5-9-6-4-7/h3,5-6H,2,4H2,1H3/q+1.